The van der Waals surface area contributed by atoms with Crippen LogP contribution in [0.1, 0.15) is 51.0 Å². The number of allylic oxidation sites excluding steroid dienone is 2. The van der Waals surface area contributed by atoms with E-state index in [1.807, 2.05) is 30.3 Å². The highest BCUT2D eigenvalue weighted by Crippen LogP contribution is 2.24. The molecule has 0 spiro atoms. The zero-order valence-corrected chi connectivity index (χ0v) is 20.9. The third kappa shape index (κ3) is 9.32. The average molecular weight is 485 g/mol. The van der Waals surface area contributed by atoms with E-state index in [0.29, 0.717) is 25.8 Å². The molecule has 1 aromatic carbocycles. The average Bonchev–Trinajstić information content (AvgIpc) is 3.33. The van der Waals surface area contributed by atoms with Gasteiger partial charge >= 0.3 is 5.97 Å². The minimum atomic E-state index is -0.534. The van der Waals surface area contributed by atoms with Crippen LogP contribution in [0.5, 0.6) is 0 Å². The van der Waals surface area contributed by atoms with Crippen LogP contribution in [-0.2, 0) is 25.5 Å². The number of hydrogen-bond acceptors (Lipinski definition) is 5. The molecule has 35 heavy (non-hydrogen) atoms. The monoisotopic (exact) mass is 484 g/mol. The Hall–Kier alpha value is -2.93. The number of nitrogens with zero attached hydrogens (tertiary/aromatic N) is 1. The van der Waals surface area contributed by atoms with E-state index in [2.05, 4.69) is 18.5 Å². The molecular formula is C28H40N2O5. The van der Waals surface area contributed by atoms with Gasteiger partial charge < -0.3 is 20.1 Å². The fourth-order valence-electron chi connectivity index (χ4n) is 4.43. The molecule has 192 valence electrons. The Morgan fingerprint density at radius 2 is 1.94 bits per heavy atom. The van der Waals surface area contributed by atoms with Crippen LogP contribution >= 0.6 is 0 Å². The maximum atomic E-state index is 13.3. The Morgan fingerprint density at radius 3 is 2.60 bits per heavy atom. The zero-order valence-electron chi connectivity index (χ0n) is 20.9. The van der Waals surface area contributed by atoms with Crippen molar-refractivity contribution in [3.63, 3.8) is 0 Å². The van der Waals surface area contributed by atoms with Crippen molar-refractivity contribution >= 4 is 17.8 Å². The Morgan fingerprint density at radius 1 is 1.20 bits per heavy atom. The molecule has 1 aliphatic rings. The normalized spacial score (nSPS) is 17.8. The summed E-state index contributed by atoms with van der Waals surface area (Å²) in [6.45, 7) is 9.76. The molecule has 7 heteroatoms. The summed E-state index contributed by atoms with van der Waals surface area (Å²) in [5, 5.41) is 11.9. The molecule has 1 aromatic rings. The molecule has 2 rings (SSSR count). The minimum Gasteiger partial charge on any atom is -0.463 e. The third-order valence-electron chi connectivity index (χ3n) is 6.37. The Balaban J connectivity index is 1.98. The van der Waals surface area contributed by atoms with Gasteiger partial charge in [-0.25, -0.2) is 0 Å². The molecule has 7 nitrogen and oxygen atoms in total. The van der Waals surface area contributed by atoms with Gasteiger partial charge in [-0.15, -0.1) is 13.2 Å². The predicted octanol–water partition coefficient (Wildman–Crippen LogP) is 3.43. The largest absolute Gasteiger partial charge is 0.463 e. The number of nitrogens with one attached hydrogen (secondary N) is 1. The third-order valence-corrected chi connectivity index (χ3v) is 6.37. The number of rotatable bonds is 15. The first-order valence-corrected chi connectivity index (χ1v) is 12.5. The number of esters is 1. The lowest BCUT2D eigenvalue weighted by atomic mass is 9.95. The molecule has 0 unspecified atom stereocenters. The number of ether oxygens (including phenoxy) is 1. The predicted molar refractivity (Wildman–Crippen MR) is 136 cm³/mol. The van der Waals surface area contributed by atoms with Crippen LogP contribution in [0.3, 0.4) is 0 Å². The molecule has 0 aliphatic carbocycles. The van der Waals surface area contributed by atoms with Crippen molar-refractivity contribution in [2.45, 2.75) is 64.0 Å². The first-order valence-electron chi connectivity index (χ1n) is 12.5. The molecule has 2 N–H and O–H groups in total. The first-order chi connectivity index (χ1) is 16.9. The van der Waals surface area contributed by atoms with Gasteiger partial charge in [0.1, 0.15) is 6.61 Å². The van der Waals surface area contributed by atoms with Gasteiger partial charge in [0.15, 0.2) is 0 Å². The Kier molecular flexibility index (Phi) is 12.2. The molecule has 0 radical (unpaired) electrons. The summed E-state index contributed by atoms with van der Waals surface area (Å²) in [6.07, 6.45) is 7.42. The maximum Gasteiger partial charge on any atom is 0.309 e. The molecule has 2 amide bonds. The highest BCUT2D eigenvalue weighted by atomic mass is 16.5. The summed E-state index contributed by atoms with van der Waals surface area (Å²) < 4.78 is 5.73. The summed E-state index contributed by atoms with van der Waals surface area (Å²) in [5.41, 5.74) is 1.08. The number of aliphatic hydroxyl groups excluding tert-OH is 1. The summed E-state index contributed by atoms with van der Waals surface area (Å²) >= 11 is 0. The van der Waals surface area contributed by atoms with Crippen LogP contribution in [0.15, 0.2) is 55.6 Å². The topological polar surface area (TPSA) is 95.9 Å². The quantitative estimate of drug-likeness (QED) is 0.294. The van der Waals surface area contributed by atoms with E-state index in [1.54, 1.807) is 24.0 Å². The number of carbonyl (C=O) groups excluding carboxylic acids is 3. The molecule has 1 aliphatic heterocycles. The van der Waals surface area contributed by atoms with Gasteiger partial charge in [0.05, 0.1) is 24.5 Å². The fourth-order valence-corrected chi connectivity index (χ4v) is 4.43. The van der Waals surface area contributed by atoms with Crippen molar-refractivity contribution in [2.24, 2.45) is 11.8 Å². The summed E-state index contributed by atoms with van der Waals surface area (Å²) in [6, 6.07) is 9.30. The molecule has 1 saturated heterocycles. The van der Waals surface area contributed by atoms with Gasteiger partial charge in [0.2, 0.25) is 11.8 Å². The molecule has 1 fully saturated rings. The van der Waals surface area contributed by atoms with Gasteiger partial charge in [0.25, 0.3) is 0 Å². The number of likely N-dealkylation sites (tertiary alicyclic amines) is 1. The van der Waals surface area contributed by atoms with E-state index < -0.39 is 5.92 Å². The van der Waals surface area contributed by atoms with Crippen LogP contribution in [0, 0.1) is 11.8 Å². The molecule has 0 aromatic heterocycles. The van der Waals surface area contributed by atoms with Gasteiger partial charge in [-0.05, 0) is 51.0 Å². The van der Waals surface area contributed by atoms with Crippen LogP contribution < -0.4 is 5.32 Å². The summed E-state index contributed by atoms with van der Waals surface area (Å²) in [5.74, 6) is -1.46. The van der Waals surface area contributed by atoms with E-state index in [9.17, 15) is 14.4 Å². The van der Waals surface area contributed by atoms with Crippen LogP contribution in [0.25, 0.3) is 0 Å². The molecule has 0 bridgehead atoms. The Bertz CT molecular complexity index is 841. The SMILES string of the molecule is C=CCC[C@H](Cc1ccccc1)C(=O)OC[C@@H]1CCCN1C(=O)[C@H](CC=C)CC(=O)N[C@@H](C)CO. The molecule has 0 saturated carbocycles. The van der Waals surface area contributed by atoms with Gasteiger partial charge in [0, 0.05) is 19.0 Å². The standard InChI is InChI=1S/C28H40N2O5/c1-4-6-14-24(17-22-12-8-7-9-13-22)28(34)35-20-25-15-10-16-30(25)27(33)23(11-5-2)18-26(32)29-21(3)19-31/h4-5,7-9,12-13,21,23-25,31H,1-2,6,10-11,14-20H2,3H3,(H,29,32)/t21-,23+,24+,25-/m0/s1. The van der Waals surface area contributed by atoms with Crippen molar-refractivity contribution < 1.29 is 24.2 Å². The van der Waals surface area contributed by atoms with Crippen LogP contribution in [0.2, 0.25) is 0 Å². The number of amides is 2. The van der Waals surface area contributed by atoms with Gasteiger partial charge in [-0.2, -0.15) is 0 Å². The second kappa shape index (κ2) is 15.1. The van der Waals surface area contributed by atoms with E-state index >= 15 is 0 Å². The lowest BCUT2D eigenvalue weighted by molar-refractivity contribution is -0.152. The minimum absolute atomic E-state index is 0.0267. The van der Waals surface area contributed by atoms with E-state index in [4.69, 9.17) is 9.84 Å². The van der Waals surface area contributed by atoms with Crippen molar-refractivity contribution in [1.82, 2.24) is 10.2 Å². The fraction of sp³-hybridized carbons (Fsp3) is 0.536. The van der Waals surface area contributed by atoms with Gasteiger partial charge in [-0.1, -0.05) is 42.5 Å². The van der Waals surface area contributed by atoms with Crippen LogP contribution in [0.4, 0.5) is 0 Å². The van der Waals surface area contributed by atoms with Crippen molar-refractivity contribution in [2.75, 3.05) is 19.8 Å². The second-order valence-corrected chi connectivity index (χ2v) is 9.29. The summed E-state index contributed by atoms with van der Waals surface area (Å²) in [4.78, 5) is 40.3. The molecule has 1 heterocycles. The number of aliphatic hydroxyl groups is 1. The smallest absolute Gasteiger partial charge is 0.309 e. The number of benzene rings is 1. The van der Waals surface area contributed by atoms with E-state index in [0.717, 1.165) is 24.8 Å². The first kappa shape index (κ1) is 28.3. The highest BCUT2D eigenvalue weighted by Gasteiger charge is 2.35. The summed E-state index contributed by atoms with van der Waals surface area (Å²) in [7, 11) is 0. The maximum absolute atomic E-state index is 13.3. The van der Waals surface area contributed by atoms with Crippen molar-refractivity contribution in [3.05, 3.63) is 61.2 Å². The van der Waals surface area contributed by atoms with Crippen LogP contribution in [-0.4, -0.2) is 59.6 Å². The molecule has 4 atom stereocenters. The lowest BCUT2D eigenvalue weighted by Gasteiger charge is -2.29. The number of carbonyl (C=O) groups is 3. The molecular weight excluding hydrogens is 444 g/mol. The van der Waals surface area contributed by atoms with E-state index in [-0.39, 0.29) is 55.4 Å². The van der Waals surface area contributed by atoms with Crippen molar-refractivity contribution in [1.29, 1.82) is 0 Å². The zero-order chi connectivity index (χ0) is 25.6. The lowest BCUT2D eigenvalue weighted by Crippen LogP contribution is -2.44. The number of hydrogen-bond donors (Lipinski definition) is 2. The van der Waals surface area contributed by atoms with Crippen molar-refractivity contribution in [3.8, 4) is 0 Å². The highest BCUT2D eigenvalue weighted by molar-refractivity contribution is 5.86. The van der Waals surface area contributed by atoms with E-state index in [1.165, 1.54) is 0 Å². The Labute approximate surface area is 209 Å². The second-order valence-electron chi connectivity index (χ2n) is 9.29. The van der Waals surface area contributed by atoms with Gasteiger partial charge in [-0.3, -0.25) is 14.4 Å².